The number of aliphatic carboxylic acids is 1. The molecule has 0 bridgehead atoms. The highest BCUT2D eigenvalue weighted by Crippen LogP contribution is 2.20. The average molecular weight is 401 g/mol. The van der Waals surface area contributed by atoms with Crippen LogP contribution in [0.1, 0.15) is 42.3 Å². The molecule has 0 aliphatic rings. The molecule has 0 spiro atoms. The Bertz CT molecular complexity index is 770. The summed E-state index contributed by atoms with van der Waals surface area (Å²) >= 11 is 0. The Kier molecular flexibility index (Phi) is 10.5. The van der Waals surface area contributed by atoms with E-state index in [-0.39, 0.29) is 12.1 Å². The van der Waals surface area contributed by atoms with Crippen molar-refractivity contribution in [1.29, 1.82) is 0 Å². The molecule has 6 nitrogen and oxygen atoms in total. The van der Waals surface area contributed by atoms with Crippen molar-refractivity contribution in [3.8, 4) is 0 Å². The van der Waals surface area contributed by atoms with Crippen molar-refractivity contribution in [3.63, 3.8) is 0 Å². The number of anilines is 1. The molecule has 0 aliphatic heterocycles. The van der Waals surface area contributed by atoms with Gasteiger partial charge in [0.2, 0.25) is 0 Å². The van der Waals surface area contributed by atoms with Crippen molar-refractivity contribution >= 4 is 17.6 Å². The minimum Gasteiger partial charge on any atom is -0.481 e. The Morgan fingerprint density at radius 2 is 1.62 bits per heavy atom. The largest absolute Gasteiger partial charge is 0.481 e. The number of benzene rings is 2. The third-order valence-electron chi connectivity index (χ3n) is 4.56. The maximum absolute atomic E-state index is 12.3. The Labute approximate surface area is 173 Å². The van der Waals surface area contributed by atoms with Crippen molar-refractivity contribution in [3.05, 3.63) is 65.2 Å². The summed E-state index contributed by atoms with van der Waals surface area (Å²) in [6.07, 6.45) is -0.0665. The molecule has 29 heavy (non-hydrogen) atoms. The van der Waals surface area contributed by atoms with E-state index >= 15 is 0 Å². The van der Waals surface area contributed by atoms with Crippen LogP contribution >= 0.6 is 0 Å². The average Bonchev–Trinajstić information content (AvgIpc) is 2.70. The zero-order valence-electron chi connectivity index (χ0n) is 17.9. The summed E-state index contributed by atoms with van der Waals surface area (Å²) in [5.74, 6) is -1.12. The van der Waals surface area contributed by atoms with E-state index in [2.05, 4.69) is 50.0 Å². The number of hydrogen-bond donors (Lipinski definition) is 2. The maximum Gasteiger partial charge on any atom is 0.338 e. The lowest BCUT2D eigenvalue weighted by Crippen LogP contribution is -2.44. The fourth-order valence-corrected chi connectivity index (χ4v) is 2.80. The molecule has 0 aromatic heterocycles. The van der Waals surface area contributed by atoms with Crippen molar-refractivity contribution in [1.82, 2.24) is 4.90 Å². The molecule has 2 rings (SSSR count). The van der Waals surface area contributed by atoms with Gasteiger partial charge in [-0.2, -0.15) is 0 Å². The number of esters is 1. The van der Waals surface area contributed by atoms with Gasteiger partial charge in [0.15, 0.2) is 0 Å². The van der Waals surface area contributed by atoms with E-state index in [4.69, 9.17) is 14.6 Å². The minimum atomic E-state index is -0.833. The number of carbonyl (C=O) groups excluding carboxylic acids is 1. The summed E-state index contributed by atoms with van der Waals surface area (Å²) in [6, 6.07) is 15.3. The molecule has 1 unspecified atom stereocenters. The second-order valence-electron chi connectivity index (χ2n) is 6.61. The Morgan fingerprint density at radius 1 is 1.03 bits per heavy atom. The summed E-state index contributed by atoms with van der Waals surface area (Å²) in [5, 5.41) is 11.0. The van der Waals surface area contributed by atoms with E-state index in [9.17, 15) is 4.79 Å². The van der Waals surface area contributed by atoms with Crippen LogP contribution in [0.3, 0.4) is 0 Å². The first-order valence-corrected chi connectivity index (χ1v) is 9.78. The second-order valence-corrected chi connectivity index (χ2v) is 6.61. The predicted molar refractivity (Wildman–Crippen MR) is 116 cm³/mol. The molecule has 0 saturated heterocycles. The first kappa shape index (κ1) is 24.2. The molecule has 2 N–H and O–H groups in total. The van der Waals surface area contributed by atoms with Crippen LogP contribution in [-0.4, -0.2) is 47.8 Å². The summed E-state index contributed by atoms with van der Waals surface area (Å²) in [7, 11) is 0. The van der Waals surface area contributed by atoms with Gasteiger partial charge >= 0.3 is 5.97 Å². The molecule has 2 aromatic rings. The highest BCUT2D eigenvalue weighted by Gasteiger charge is 2.19. The number of likely N-dealkylation sites (N-methyl/N-ethyl adjacent to an activating group) is 1. The van der Waals surface area contributed by atoms with E-state index in [0.29, 0.717) is 12.2 Å². The third kappa shape index (κ3) is 8.35. The first-order valence-electron chi connectivity index (χ1n) is 9.78. The molecule has 0 fully saturated rings. The van der Waals surface area contributed by atoms with Crippen LogP contribution in [0.15, 0.2) is 48.5 Å². The fourth-order valence-electron chi connectivity index (χ4n) is 2.80. The van der Waals surface area contributed by atoms with Crippen LogP contribution in [0.4, 0.5) is 5.69 Å². The van der Waals surface area contributed by atoms with Crippen LogP contribution < -0.4 is 5.32 Å². The zero-order chi connectivity index (χ0) is 21.8. The quantitative estimate of drug-likeness (QED) is 0.507. The highest BCUT2D eigenvalue weighted by atomic mass is 16.5. The van der Waals surface area contributed by atoms with Crippen molar-refractivity contribution < 1.29 is 19.4 Å². The van der Waals surface area contributed by atoms with Gasteiger partial charge in [0.25, 0.3) is 5.97 Å². The van der Waals surface area contributed by atoms with Crippen molar-refractivity contribution in [2.75, 3.05) is 25.0 Å². The van der Waals surface area contributed by atoms with Crippen LogP contribution in [-0.2, 0) is 9.53 Å². The van der Waals surface area contributed by atoms with Gasteiger partial charge in [-0.15, -0.1) is 0 Å². The second kappa shape index (κ2) is 12.6. The molecule has 6 heteroatoms. The number of nitrogens with one attached hydrogen (secondary N) is 1. The van der Waals surface area contributed by atoms with E-state index in [1.165, 1.54) is 11.1 Å². The molecule has 0 radical (unpaired) electrons. The number of ether oxygens (including phenoxy) is 1. The number of carboxylic acids is 1. The number of rotatable bonds is 8. The normalized spacial score (nSPS) is 11.2. The number of carbonyl (C=O) groups is 2. The summed E-state index contributed by atoms with van der Waals surface area (Å²) in [5.41, 5.74) is 4.11. The number of aryl methyl sites for hydroxylation is 1. The number of nitrogens with zero attached hydrogens (tertiary/aromatic N) is 1. The summed E-state index contributed by atoms with van der Waals surface area (Å²) < 4.78 is 5.57. The van der Waals surface area contributed by atoms with Gasteiger partial charge in [0.1, 0.15) is 12.8 Å². The van der Waals surface area contributed by atoms with Gasteiger partial charge in [-0.3, -0.25) is 9.69 Å². The van der Waals surface area contributed by atoms with Crippen LogP contribution in [0.2, 0.25) is 0 Å². The topological polar surface area (TPSA) is 78.9 Å². The monoisotopic (exact) mass is 400 g/mol. The lowest BCUT2D eigenvalue weighted by Gasteiger charge is -2.31. The number of carboxylic acid groups (broad SMARTS) is 1. The van der Waals surface area contributed by atoms with Crippen molar-refractivity contribution in [2.45, 2.75) is 40.8 Å². The SMILES string of the molecule is CC(=O)O.CCN(CC)C(COC(=O)c1ccccc1)Nc1cccc(C)c1C. The first-order chi connectivity index (χ1) is 13.8. The smallest absolute Gasteiger partial charge is 0.338 e. The van der Waals surface area contributed by atoms with Crippen LogP contribution in [0.25, 0.3) is 0 Å². The highest BCUT2D eigenvalue weighted by molar-refractivity contribution is 5.89. The Balaban J connectivity index is 0.000000960. The fraction of sp³-hybridized carbons (Fsp3) is 0.391. The molecule has 0 saturated carbocycles. The van der Waals surface area contributed by atoms with Crippen molar-refractivity contribution in [2.24, 2.45) is 0 Å². The van der Waals surface area contributed by atoms with E-state index in [1.807, 2.05) is 24.3 Å². The molecule has 0 heterocycles. The molecular formula is C23H32N2O4. The van der Waals surface area contributed by atoms with Gasteiger partial charge in [0.05, 0.1) is 5.56 Å². The predicted octanol–water partition coefficient (Wildman–Crippen LogP) is 4.33. The van der Waals surface area contributed by atoms with Gasteiger partial charge in [-0.25, -0.2) is 4.79 Å². The van der Waals surface area contributed by atoms with Gasteiger partial charge in [-0.1, -0.05) is 44.2 Å². The summed E-state index contributed by atoms with van der Waals surface area (Å²) in [6.45, 7) is 11.6. The van der Waals surface area contributed by atoms with Gasteiger partial charge < -0.3 is 15.2 Å². The third-order valence-corrected chi connectivity index (χ3v) is 4.56. The molecule has 0 amide bonds. The van der Waals surface area contributed by atoms with Crippen LogP contribution in [0.5, 0.6) is 0 Å². The molecule has 1 atom stereocenters. The summed E-state index contributed by atoms with van der Waals surface area (Å²) in [4.78, 5) is 23.5. The molecule has 0 aliphatic carbocycles. The minimum absolute atomic E-state index is 0.0665. The number of hydrogen-bond acceptors (Lipinski definition) is 5. The van der Waals surface area contributed by atoms with Crippen LogP contribution in [0, 0.1) is 13.8 Å². The standard InChI is InChI=1S/C21H28N2O2.C2H4O2/c1-5-23(6-2)20(22-19-14-10-11-16(3)17(19)4)15-25-21(24)18-12-8-7-9-13-18;1-2(3)4/h7-14,20,22H,5-6,15H2,1-4H3;1H3,(H,3,4). The zero-order valence-corrected chi connectivity index (χ0v) is 17.9. The maximum atomic E-state index is 12.3. The van der Waals surface area contributed by atoms with E-state index in [0.717, 1.165) is 25.7 Å². The molecular weight excluding hydrogens is 368 g/mol. The molecule has 158 valence electrons. The van der Waals surface area contributed by atoms with E-state index in [1.54, 1.807) is 12.1 Å². The van der Waals surface area contributed by atoms with Gasteiger partial charge in [-0.05, 0) is 56.3 Å². The lowest BCUT2D eigenvalue weighted by molar-refractivity contribution is -0.134. The Hall–Kier alpha value is -2.86. The lowest BCUT2D eigenvalue weighted by atomic mass is 10.1. The Morgan fingerprint density at radius 3 is 2.17 bits per heavy atom. The van der Waals surface area contributed by atoms with Gasteiger partial charge in [0, 0.05) is 12.6 Å². The molecule has 2 aromatic carbocycles. The van der Waals surface area contributed by atoms with E-state index < -0.39 is 5.97 Å².